The first kappa shape index (κ1) is 13.1. The van der Waals surface area contributed by atoms with Gasteiger partial charge in [-0.2, -0.15) is 5.10 Å². The number of hydrogen-bond donors (Lipinski definition) is 3. The number of aryl methyl sites for hydroxylation is 3. The fourth-order valence-electron chi connectivity index (χ4n) is 1.95. The molecule has 19 heavy (non-hydrogen) atoms. The topological polar surface area (TPSA) is 90.6 Å². The third kappa shape index (κ3) is 2.73. The van der Waals surface area contributed by atoms with E-state index in [0.717, 1.165) is 17.0 Å². The van der Waals surface area contributed by atoms with Gasteiger partial charge in [-0.25, -0.2) is 0 Å². The summed E-state index contributed by atoms with van der Waals surface area (Å²) in [7, 11) is 0. The van der Waals surface area contributed by atoms with Gasteiger partial charge in [0.1, 0.15) is 5.56 Å². The van der Waals surface area contributed by atoms with Gasteiger partial charge in [0.2, 0.25) is 0 Å². The fraction of sp³-hybridized carbons (Fsp3) is 0.308. The first-order valence-corrected chi connectivity index (χ1v) is 5.96. The van der Waals surface area contributed by atoms with Gasteiger partial charge in [-0.15, -0.1) is 0 Å². The van der Waals surface area contributed by atoms with Crippen LogP contribution in [0.3, 0.4) is 0 Å². The number of hydrogen-bond acceptors (Lipinski definition) is 3. The van der Waals surface area contributed by atoms with Crippen LogP contribution in [0, 0.1) is 20.8 Å². The van der Waals surface area contributed by atoms with E-state index < -0.39 is 0 Å². The summed E-state index contributed by atoms with van der Waals surface area (Å²) in [4.78, 5) is 26.5. The Morgan fingerprint density at radius 1 is 1.37 bits per heavy atom. The van der Waals surface area contributed by atoms with Gasteiger partial charge >= 0.3 is 0 Å². The number of aromatic amines is 2. The molecule has 6 heteroatoms. The van der Waals surface area contributed by atoms with Crippen LogP contribution in [0.25, 0.3) is 0 Å². The summed E-state index contributed by atoms with van der Waals surface area (Å²) in [6.45, 7) is 5.75. The first-order valence-electron chi connectivity index (χ1n) is 5.96. The molecule has 2 aromatic heterocycles. The highest BCUT2D eigenvalue weighted by Crippen LogP contribution is 2.05. The molecule has 2 aromatic rings. The lowest BCUT2D eigenvalue weighted by Gasteiger charge is -2.07. The van der Waals surface area contributed by atoms with Crippen molar-refractivity contribution in [1.82, 2.24) is 20.5 Å². The molecule has 0 unspecified atom stereocenters. The van der Waals surface area contributed by atoms with Crippen LogP contribution < -0.4 is 10.9 Å². The molecule has 0 saturated carbocycles. The van der Waals surface area contributed by atoms with E-state index in [4.69, 9.17) is 0 Å². The monoisotopic (exact) mass is 260 g/mol. The number of carbonyl (C=O) groups excluding carboxylic acids is 1. The molecule has 0 aromatic carbocycles. The van der Waals surface area contributed by atoms with Crippen LogP contribution in [0.15, 0.2) is 17.1 Å². The number of nitrogens with one attached hydrogen (secondary N) is 3. The highest BCUT2D eigenvalue weighted by atomic mass is 16.2. The van der Waals surface area contributed by atoms with Gasteiger partial charge in [0.15, 0.2) is 0 Å². The van der Waals surface area contributed by atoms with Gasteiger partial charge in [0.25, 0.3) is 11.5 Å². The van der Waals surface area contributed by atoms with Crippen molar-refractivity contribution >= 4 is 5.91 Å². The van der Waals surface area contributed by atoms with E-state index in [-0.39, 0.29) is 17.0 Å². The Labute approximate surface area is 110 Å². The smallest absolute Gasteiger partial charge is 0.261 e. The van der Waals surface area contributed by atoms with E-state index in [9.17, 15) is 9.59 Å². The van der Waals surface area contributed by atoms with Crippen LogP contribution in [-0.2, 0) is 6.54 Å². The summed E-state index contributed by atoms with van der Waals surface area (Å²) in [6.07, 6.45) is 1.65. The number of nitrogens with zero attached hydrogens (tertiary/aromatic N) is 1. The molecule has 0 radical (unpaired) electrons. The predicted octanol–water partition coefficient (Wildman–Crippen LogP) is 0.953. The third-order valence-electron chi connectivity index (χ3n) is 2.97. The van der Waals surface area contributed by atoms with E-state index >= 15 is 0 Å². The largest absolute Gasteiger partial charge is 0.348 e. The van der Waals surface area contributed by atoms with Crippen LogP contribution in [-0.4, -0.2) is 21.1 Å². The first-order chi connectivity index (χ1) is 8.99. The number of aromatic nitrogens is 3. The van der Waals surface area contributed by atoms with Crippen molar-refractivity contribution in [3.8, 4) is 0 Å². The third-order valence-corrected chi connectivity index (χ3v) is 2.97. The van der Waals surface area contributed by atoms with Gasteiger partial charge in [0, 0.05) is 23.5 Å². The average molecular weight is 260 g/mol. The zero-order chi connectivity index (χ0) is 14.0. The molecule has 0 saturated heterocycles. The summed E-state index contributed by atoms with van der Waals surface area (Å²) in [5, 5.41) is 9.39. The van der Waals surface area contributed by atoms with Crippen molar-refractivity contribution in [2.45, 2.75) is 27.3 Å². The molecule has 0 aliphatic rings. The van der Waals surface area contributed by atoms with Crippen molar-refractivity contribution in [2.75, 3.05) is 0 Å². The van der Waals surface area contributed by atoms with E-state index in [1.807, 2.05) is 6.92 Å². The summed E-state index contributed by atoms with van der Waals surface area (Å²) >= 11 is 0. The Morgan fingerprint density at radius 2 is 2.11 bits per heavy atom. The van der Waals surface area contributed by atoms with Crippen LogP contribution in [0.2, 0.25) is 0 Å². The summed E-state index contributed by atoms with van der Waals surface area (Å²) in [5.74, 6) is -0.376. The van der Waals surface area contributed by atoms with Crippen molar-refractivity contribution in [2.24, 2.45) is 0 Å². The summed E-state index contributed by atoms with van der Waals surface area (Å²) < 4.78 is 0. The molecule has 0 spiro atoms. The molecule has 0 atom stereocenters. The van der Waals surface area contributed by atoms with Gasteiger partial charge in [-0.1, -0.05) is 0 Å². The van der Waals surface area contributed by atoms with E-state index in [0.29, 0.717) is 12.1 Å². The molecule has 3 N–H and O–H groups in total. The summed E-state index contributed by atoms with van der Waals surface area (Å²) in [6, 6.07) is 1.78. The quantitative estimate of drug-likeness (QED) is 0.767. The Kier molecular flexibility index (Phi) is 3.50. The number of H-pyrrole nitrogens is 2. The Morgan fingerprint density at radius 3 is 2.68 bits per heavy atom. The van der Waals surface area contributed by atoms with E-state index in [1.54, 1.807) is 26.1 Å². The molecular formula is C13H16N4O2. The van der Waals surface area contributed by atoms with Crippen molar-refractivity contribution in [1.29, 1.82) is 0 Å². The molecule has 100 valence electrons. The molecule has 2 heterocycles. The maximum atomic E-state index is 12.0. The van der Waals surface area contributed by atoms with Crippen LogP contribution >= 0.6 is 0 Å². The van der Waals surface area contributed by atoms with E-state index in [1.165, 1.54) is 0 Å². The fourth-order valence-corrected chi connectivity index (χ4v) is 1.95. The van der Waals surface area contributed by atoms with Crippen LogP contribution in [0.1, 0.15) is 32.9 Å². The average Bonchev–Trinajstić information content (AvgIpc) is 2.70. The number of carbonyl (C=O) groups is 1. The van der Waals surface area contributed by atoms with Crippen molar-refractivity contribution in [3.63, 3.8) is 0 Å². The Balaban J connectivity index is 2.17. The normalized spacial score (nSPS) is 10.5. The molecular weight excluding hydrogens is 244 g/mol. The standard InChI is InChI=1S/C13H16N4O2/c1-7-4-8(2)16-13(19)11(7)12(18)14-5-10-6-15-17-9(10)3/h4,6H,5H2,1-3H3,(H,14,18)(H,15,17)(H,16,19). The van der Waals surface area contributed by atoms with Gasteiger partial charge in [-0.3, -0.25) is 14.7 Å². The number of amides is 1. The van der Waals surface area contributed by atoms with Gasteiger partial charge in [-0.05, 0) is 32.4 Å². The maximum Gasteiger partial charge on any atom is 0.261 e. The molecule has 1 amide bonds. The minimum Gasteiger partial charge on any atom is -0.348 e. The van der Waals surface area contributed by atoms with E-state index in [2.05, 4.69) is 20.5 Å². The lowest BCUT2D eigenvalue weighted by atomic mass is 10.1. The molecule has 0 aliphatic heterocycles. The molecule has 6 nitrogen and oxygen atoms in total. The molecule has 0 aliphatic carbocycles. The molecule has 0 fully saturated rings. The van der Waals surface area contributed by atoms with Gasteiger partial charge < -0.3 is 10.3 Å². The zero-order valence-electron chi connectivity index (χ0n) is 11.1. The highest BCUT2D eigenvalue weighted by molar-refractivity contribution is 5.95. The molecule has 2 rings (SSSR count). The SMILES string of the molecule is Cc1cc(C)c(C(=O)NCc2cn[nH]c2C)c(=O)[nH]1. The second-order valence-electron chi connectivity index (χ2n) is 4.54. The minimum atomic E-state index is -0.376. The van der Waals surface area contributed by atoms with Crippen LogP contribution in [0.4, 0.5) is 0 Å². The molecule has 0 bridgehead atoms. The van der Waals surface area contributed by atoms with Crippen molar-refractivity contribution < 1.29 is 4.79 Å². The zero-order valence-corrected chi connectivity index (χ0v) is 11.1. The number of pyridine rings is 1. The Hall–Kier alpha value is -2.37. The Bertz CT molecular complexity index is 670. The van der Waals surface area contributed by atoms with Crippen LogP contribution in [0.5, 0.6) is 0 Å². The second kappa shape index (κ2) is 5.09. The maximum absolute atomic E-state index is 12.0. The van der Waals surface area contributed by atoms with Gasteiger partial charge in [0.05, 0.1) is 6.20 Å². The number of rotatable bonds is 3. The highest BCUT2D eigenvalue weighted by Gasteiger charge is 2.14. The predicted molar refractivity (Wildman–Crippen MR) is 71.0 cm³/mol. The van der Waals surface area contributed by atoms with Crippen molar-refractivity contribution in [3.05, 3.63) is 50.7 Å². The lowest BCUT2D eigenvalue weighted by molar-refractivity contribution is 0.0948. The summed E-state index contributed by atoms with van der Waals surface area (Å²) in [5.41, 5.74) is 3.00. The minimum absolute atomic E-state index is 0.159. The lowest BCUT2D eigenvalue weighted by Crippen LogP contribution is -2.30. The second-order valence-corrected chi connectivity index (χ2v) is 4.54.